The van der Waals surface area contributed by atoms with Gasteiger partial charge in [-0.05, 0) is 44.7 Å². The molecule has 1 N–H and O–H groups in total. The Kier molecular flexibility index (Phi) is 4.27. The van der Waals surface area contributed by atoms with Crippen LogP contribution in [0, 0.1) is 0 Å². The summed E-state index contributed by atoms with van der Waals surface area (Å²) in [6.07, 6.45) is 4.42. The first-order valence-electron chi connectivity index (χ1n) is 9.59. The number of hydrogen-bond donors (Lipinski definition) is 1. The number of aryl methyl sites for hydroxylation is 1. The highest BCUT2D eigenvalue weighted by atomic mass is 32.1. The minimum absolute atomic E-state index is 0.156. The molecule has 3 heterocycles. The standard InChI is InChI=1S/C20H19N3O5S/c1-2-26-17(24)11-5-6-14-16(11)21-19(29-14)22-18(25)20(7-8-20)15-10-13(28-23-15)12-4-3-9-27-12/h3-4,9-11H,2,5-8H2,1H3,(H,21,22,25). The minimum Gasteiger partial charge on any atom is -0.465 e. The van der Waals surface area contributed by atoms with Crippen LogP contribution < -0.4 is 5.32 Å². The monoisotopic (exact) mass is 413 g/mol. The Morgan fingerprint density at radius 3 is 2.97 bits per heavy atom. The number of thiazole rings is 1. The van der Waals surface area contributed by atoms with Crippen molar-refractivity contribution in [2.75, 3.05) is 11.9 Å². The van der Waals surface area contributed by atoms with Crippen molar-refractivity contribution in [3.05, 3.63) is 40.7 Å². The summed E-state index contributed by atoms with van der Waals surface area (Å²) in [7, 11) is 0. The third-order valence-electron chi connectivity index (χ3n) is 5.46. The van der Waals surface area contributed by atoms with Crippen LogP contribution in [0.1, 0.15) is 48.4 Å². The van der Waals surface area contributed by atoms with Crippen LogP contribution in [0.5, 0.6) is 0 Å². The van der Waals surface area contributed by atoms with Crippen LogP contribution in [0.2, 0.25) is 0 Å². The molecule has 9 heteroatoms. The fourth-order valence-electron chi connectivity index (χ4n) is 3.73. The Balaban J connectivity index is 1.33. The van der Waals surface area contributed by atoms with Gasteiger partial charge in [0, 0.05) is 10.9 Å². The summed E-state index contributed by atoms with van der Waals surface area (Å²) in [5.74, 6) is 0.321. The molecule has 0 saturated heterocycles. The SMILES string of the molecule is CCOC(=O)C1CCc2sc(NC(=O)C3(c4cc(-c5ccco5)on4)CC3)nc21. The molecule has 0 spiro atoms. The van der Waals surface area contributed by atoms with Gasteiger partial charge < -0.3 is 19.0 Å². The molecule has 3 aromatic rings. The van der Waals surface area contributed by atoms with E-state index in [9.17, 15) is 9.59 Å². The second kappa shape index (κ2) is 6.84. The molecule has 1 fully saturated rings. The minimum atomic E-state index is -0.703. The number of esters is 1. The molecule has 0 aromatic carbocycles. The molecule has 2 aliphatic rings. The molecule has 5 rings (SSSR count). The number of nitrogens with one attached hydrogen (secondary N) is 1. The fourth-order valence-corrected chi connectivity index (χ4v) is 4.76. The van der Waals surface area contributed by atoms with E-state index >= 15 is 0 Å². The number of fused-ring (bicyclic) bond motifs is 1. The van der Waals surface area contributed by atoms with Gasteiger partial charge >= 0.3 is 5.97 Å². The van der Waals surface area contributed by atoms with Gasteiger partial charge in [-0.1, -0.05) is 5.16 Å². The normalized spacial score (nSPS) is 19.0. The van der Waals surface area contributed by atoms with Gasteiger partial charge in [0.15, 0.2) is 10.9 Å². The van der Waals surface area contributed by atoms with Crippen molar-refractivity contribution in [3.8, 4) is 11.5 Å². The fraction of sp³-hybridized carbons (Fsp3) is 0.400. The molecule has 0 aliphatic heterocycles. The van der Waals surface area contributed by atoms with Gasteiger partial charge in [0.2, 0.25) is 11.7 Å². The van der Waals surface area contributed by atoms with Crippen molar-refractivity contribution >= 4 is 28.3 Å². The van der Waals surface area contributed by atoms with Crippen molar-refractivity contribution in [2.45, 2.75) is 43.9 Å². The van der Waals surface area contributed by atoms with Crippen molar-refractivity contribution < 1.29 is 23.3 Å². The van der Waals surface area contributed by atoms with Crippen LogP contribution >= 0.6 is 11.3 Å². The molecule has 29 heavy (non-hydrogen) atoms. The number of anilines is 1. The quantitative estimate of drug-likeness (QED) is 0.615. The molecular formula is C20H19N3O5S. The average Bonchev–Trinajstić information content (AvgIpc) is 3.18. The number of ether oxygens (including phenoxy) is 1. The second-order valence-electron chi connectivity index (χ2n) is 7.26. The highest BCUT2D eigenvalue weighted by molar-refractivity contribution is 7.16. The second-order valence-corrected chi connectivity index (χ2v) is 8.34. The van der Waals surface area contributed by atoms with Gasteiger partial charge in [0.25, 0.3) is 0 Å². The number of amides is 1. The van der Waals surface area contributed by atoms with Crippen LogP contribution in [0.3, 0.4) is 0 Å². The molecule has 1 unspecified atom stereocenters. The van der Waals surface area contributed by atoms with E-state index in [0.29, 0.717) is 48.2 Å². The van der Waals surface area contributed by atoms with Crippen LogP contribution in [0.15, 0.2) is 33.4 Å². The lowest BCUT2D eigenvalue weighted by Gasteiger charge is -2.11. The third kappa shape index (κ3) is 3.05. The largest absolute Gasteiger partial charge is 0.465 e. The first-order chi connectivity index (χ1) is 14.1. The number of aromatic nitrogens is 2. The Bertz CT molecular complexity index is 1060. The maximum atomic E-state index is 13.0. The zero-order valence-electron chi connectivity index (χ0n) is 15.8. The van der Waals surface area contributed by atoms with E-state index in [2.05, 4.69) is 15.5 Å². The van der Waals surface area contributed by atoms with Crippen molar-refractivity contribution in [2.24, 2.45) is 0 Å². The van der Waals surface area contributed by atoms with E-state index in [1.54, 1.807) is 31.4 Å². The lowest BCUT2D eigenvalue weighted by Crippen LogP contribution is -2.28. The van der Waals surface area contributed by atoms with Gasteiger partial charge in [0.1, 0.15) is 5.92 Å². The molecule has 8 nitrogen and oxygen atoms in total. The summed E-state index contributed by atoms with van der Waals surface area (Å²) in [5.41, 5.74) is 0.621. The van der Waals surface area contributed by atoms with E-state index in [-0.39, 0.29) is 17.8 Å². The van der Waals surface area contributed by atoms with E-state index < -0.39 is 5.41 Å². The van der Waals surface area contributed by atoms with Crippen LogP contribution in [-0.4, -0.2) is 28.6 Å². The average molecular weight is 413 g/mol. The number of carbonyl (C=O) groups is 2. The van der Waals surface area contributed by atoms with Crippen molar-refractivity contribution in [1.82, 2.24) is 10.1 Å². The summed E-state index contributed by atoms with van der Waals surface area (Å²) in [6, 6.07) is 5.30. The van der Waals surface area contributed by atoms with E-state index in [4.69, 9.17) is 13.7 Å². The van der Waals surface area contributed by atoms with E-state index in [1.807, 2.05) is 0 Å². The number of hydrogen-bond acceptors (Lipinski definition) is 8. The van der Waals surface area contributed by atoms with Gasteiger partial charge in [0.05, 0.1) is 29.7 Å². The topological polar surface area (TPSA) is 107 Å². The lowest BCUT2D eigenvalue weighted by molar-refractivity contribution is -0.145. The Hall–Kier alpha value is -2.94. The first kappa shape index (κ1) is 18.1. The van der Waals surface area contributed by atoms with Gasteiger partial charge in [-0.2, -0.15) is 0 Å². The highest BCUT2D eigenvalue weighted by Gasteiger charge is 2.54. The molecule has 0 radical (unpaired) electrons. The molecule has 1 amide bonds. The molecule has 1 saturated carbocycles. The zero-order chi connectivity index (χ0) is 20.0. The number of carbonyl (C=O) groups excluding carboxylic acids is 2. The molecular weight excluding hydrogens is 394 g/mol. The maximum absolute atomic E-state index is 13.0. The predicted molar refractivity (Wildman–Crippen MR) is 104 cm³/mol. The van der Waals surface area contributed by atoms with Crippen LogP contribution in [0.4, 0.5) is 5.13 Å². The lowest BCUT2D eigenvalue weighted by atomic mass is 10.0. The van der Waals surface area contributed by atoms with E-state index in [1.165, 1.54) is 11.3 Å². The summed E-state index contributed by atoms with van der Waals surface area (Å²) in [6.45, 7) is 2.13. The summed E-state index contributed by atoms with van der Waals surface area (Å²) < 4.78 is 15.8. The Morgan fingerprint density at radius 2 is 2.24 bits per heavy atom. The van der Waals surface area contributed by atoms with Crippen LogP contribution in [-0.2, 0) is 26.2 Å². The summed E-state index contributed by atoms with van der Waals surface area (Å²) in [4.78, 5) is 30.7. The molecule has 3 aromatic heterocycles. The number of furan rings is 1. The molecule has 0 bridgehead atoms. The predicted octanol–water partition coefficient (Wildman–Crippen LogP) is 3.65. The third-order valence-corrected chi connectivity index (χ3v) is 6.50. The number of rotatable bonds is 6. The number of nitrogens with zero attached hydrogens (tertiary/aromatic N) is 2. The molecule has 150 valence electrons. The Morgan fingerprint density at radius 1 is 1.38 bits per heavy atom. The van der Waals surface area contributed by atoms with Gasteiger partial charge in [-0.25, -0.2) is 4.98 Å². The molecule has 2 aliphatic carbocycles. The van der Waals surface area contributed by atoms with Gasteiger partial charge in [-0.3, -0.25) is 9.59 Å². The van der Waals surface area contributed by atoms with E-state index in [0.717, 1.165) is 17.0 Å². The summed E-state index contributed by atoms with van der Waals surface area (Å²) >= 11 is 1.42. The highest BCUT2D eigenvalue weighted by Crippen LogP contribution is 2.49. The first-order valence-corrected chi connectivity index (χ1v) is 10.4. The zero-order valence-corrected chi connectivity index (χ0v) is 16.6. The Labute approximate surface area is 170 Å². The summed E-state index contributed by atoms with van der Waals surface area (Å²) in [5, 5.41) is 7.53. The van der Waals surface area contributed by atoms with Gasteiger partial charge in [-0.15, -0.1) is 11.3 Å². The maximum Gasteiger partial charge on any atom is 0.315 e. The van der Waals surface area contributed by atoms with Crippen molar-refractivity contribution in [1.29, 1.82) is 0 Å². The van der Waals surface area contributed by atoms with Crippen LogP contribution in [0.25, 0.3) is 11.5 Å². The smallest absolute Gasteiger partial charge is 0.315 e. The van der Waals surface area contributed by atoms with Crippen molar-refractivity contribution in [3.63, 3.8) is 0 Å². The molecule has 1 atom stereocenters.